The van der Waals surface area contributed by atoms with Crippen LogP contribution in [-0.4, -0.2) is 58.6 Å². The monoisotopic (exact) mass is 463 g/mol. The molecule has 1 fully saturated rings. The fourth-order valence-electron chi connectivity index (χ4n) is 2.66. The molecule has 2 N–H and O–H groups in total. The van der Waals surface area contributed by atoms with Gasteiger partial charge in [-0.1, -0.05) is 23.2 Å². The molecule has 2 heterocycles. The van der Waals surface area contributed by atoms with Crippen molar-refractivity contribution in [1.29, 1.82) is 0 Å². The minimum Gasteiger partial charge on any atom is -0.379 e. The van der Waals surface area contributed by atoms with E-state index >= 15 is 0 Å². The van der Waals surface area contributed by atoms with Crippen molar-refractivity contribution < 1.29 is 17.9 Å². The Kier molecular flexibility index (Phi) is 7.19. The lowest BCUT2D eigenvalue weighted by Crippen LogP contribution is -2.41. The number of rotatable bonds is 7. The van der Waals surface area contributed by atoms with Crippen LogP contribution in [0.3, 0.4) is 0 Å². The first-order valence-corrected chi connectivity index (χ1v) is 11.6. The van der Waals surface area contributed by atoms with E-state index in [2.05, 4.69) is 14.9 Å². The number of nitrogens with one attached hydrogen (secondary N) is 2. The van der Waals surface area contributed by atoms with Crippen molar-refractivity contribution in [3.05, 3.63) is 44.6 Å². The Morgan fingerprint density at radius 1 is 1.18 bits per heavy atom. The second-order valence-corrected chi connectivity index (χ2v) is 10.0. The number of carbonyl (C=O) groups excluding carboxylic acids is 1. The van der Waals surface area contributed by atoms with E-state index in [1.165, 1.54) is 18.2 Å². The van der Waals surface area contributed by atoms with Crippen molar-refractivity contribution in [3.63, 3.8) is 0 Å². The van der Waals surface area contributed by atoms with Gasteiger partial charge in [-0.05, 0) is 30.3 Å². The summed E-state index contributed by atoms with van der Waals surface area (Å²) in [5, 5.41) is 2.86. The highest BCUT2D eigenvalue weighted by Crippen LogP contribution is 2.35. The summed E-state index contributed by atoms with van der Waals surface area (Å²) in [5.41, 5.74) is 0.768. The maximum atomic E-state index is 12.4. The number of ether oxygens (including phenoxy) is 1. The predicted molar refractivity (Wildman–Crippen MR) is 111 cm³/mol. The third kappa shape index (κ3) is 5.59. The molecule has 28 heavy (non-hydrogen) atoms. The van der Waals surface area contributed by atoms with E-state index in [-0.39, 0.29) is 19.5 Å². The van der Waals surface area contributed by atoms with Gasteiger partial charge >= 0.3 is 0 Å². The molecule has 0 aliphatic carbocycles. The Labute approximate surface area is 177 Å². The molecule has 1 aliphatic heterocycles. The summed E-state index contributed by atoms with van der Waals surface area (Å²) < 4.78 is 32.9. The fraction of sp³-hybridized carbons (Fsp3) is 0.353. The summed E-state index contributed by atoms with van der Waals surface area (Å²) in [5.74, 6) is -0.213. The molecule has 0 spiro atoms. The Bertz CT molecular complexity index is 926. The average molecular weight is 464 g/mol. The van der Waals surface area contributed by atoms with Gasteiger partial charge in [0, 0.05) is 37.4 Å². The van der Waals surface area contributed by atoms with Gasteiger partial charge in [0.25, 0.3) is 15.9 Å². The summed E-state index contributed by atoms with van der Waals surface area (Å²) in [6.07, 6.45) is 0. The van der Waals surface area contributed by atoms with Crippen molar-refractivity contribution in [2.75, 3.05) is 44.1 Å². The molecule has 1 saturated heterocycles. The summed E-state index contributed by atoms with van der Waals surface area (Å²) in [4.78, 5) is 14.4. The molecule has 0 atom stereocenters. The summed E-state index contributed by atoms with van der Waals surface area (Å²) in [7, 11) is -3.86. The smallest absolute Gasteiger partial charge is 0.264 e. The van der Waals surface area contributed by atoms with Crippen molar-refractivity contribution in [1.82, 2.24) is 10.2 Å². The average Bonchev–Trinajstić information content (AvgIpc) is 3.02. The Balaban J connectivity index is 1.55. The van der Waals surface area contributed by atoms with Crippen LogP contribution in [0.4, 0.5) is 5.69 Å². The lowest BCUT2D eigenvalue weighted by Gasteiger charge is -2.26. The molecule has 1 aromatic carbocycles. The van der Waals surface area contributed by atoms with Crippen LogP contribution in [0.15, 0.2) is 35.2 Å². The van der Waals surface area contributed by atoms with Crippen LogP contribution in [0.25, 0.3) is 0 Å². The molecule has 2 aromatic rings. The number of halogens is 2. The molecular weight excluding hydrogens is 445 g/mol. The second kappa shape index (κ2) is 9.43. The topological polar surface area (TPSA) is 87.7 Å². The van der Waals surface area contributed by atoms with Gasteiger partial charge in [0.05, 0.1) is 17.6 Å². The molecule has 152 valence electrons. The van der Waals surface area contributed by atoms with Crippen molar-refractivity contribution in [3.8, 4) is 0 Å². The van der Waals surface area contributed by atoms with Crippen LogP contribution in [0, 0.1) is 0 Å². The fourth-order valence-corrected chi connectivity index (χ4v) is 5.87. The third-order valence-electron chi connectivity index (χ3n) is 4.13. The minimum absolute atomic E-state index is 0.0749. The number of thiophene rings is 1. The normalized spacial score (nSPS) is 15.4. The van der Waals surface area contributed by atoms with Crippen LogP contribution in [0.5, 0.6) is 0 Å². The van der Waals surface area contributed by atoms with E-state index in [1.54, 1.807) is 12.1 Å². The maximum Gasteiger partial charge on any atom is 0.264 e. The number of hydrogen-bond donors (Lipinski definition) is 2. The van der Waals surface area contributed by atoms with E-state index in [0.717, 1.165) is 31.0 Å². The SMILES string of the molecule is O=C(NCCN1CCOCC1)c1ccc(NS(=O)(=O)c2cc(Cl)sc2Cl)cc1. The highest BCUT2D eigenvalue weighted by atomic mass is 35.5. The van der Waals surface area contributed by atoms with Crippen molar-refractivity contribution in [2.24, 2.45) is 0 Å². The first-order chi connectivity index (χ1) is 13.3. The van der Waals surface area contributed by atoms with Gasteiger partial charge in [0.1, 0.15) is 9.23 Å². The predicted octanol–water partition coefficient (Wildman–Crippen LogP) is 2.92. The second-order valence-electron chi connectivity index (χ2n) is 6.08. The molecule has 0 saturated carbocycles. The zero-order chi connectivity index (χ0) is 20.1. The summed E-state index contributed by atoms with van der Waals surface area (Å²) in [6.45, 7) is 4.46. The first-order valence-electron chi connectivity index (χ1n) is 8.51. The Morgan fingerprint density at radius 2 is 1.86 bits per heavy atom. The van der Waals surface area contributed by atoms with Gasteiger partial charge in [-0.3, -0.25) is 14.4 Å². The highest BCUT2D eigenvalue weighted by Gasteiger charge is 2.21. The van der Waals surface area contributed by atoms with E-state index < -0.39 is 10.0 Å². The number of sulfonamides is 1. The van der Waals surface area contributed by atoms with Gasteiger partial charge in [-0.25, -0.2) is 8.42 Å². The van der Waals surface area contributed by atoms with Gasteiger partial charge in [-0.15, -0.1) is 11.3 Å². The number of hydrogen-bond acceptors (Lipinski definition) is 6. The molecule has 0 radical (unpaired) electrons. The van der Waals surface area contributed by atoms with Crippen molar-refractivity contribution in [2.45, 2.75) is 4.90 Å². The molecule has 0 unspecified atom stereocenters. The van der Waals surface area contributed by atoms with Crippen LogP contribution >= 0.6 is 34.5 Å². The quantitative estimate of drug-likeness (QED) is 0.658. The van der Waals surface area contributed by atoms with E-state index in [1.807, 2.05) is 0 Å². The number of morpholine rings is 1. The molecule has 11 heteroatoms. The third-order valence-corrected chi connectivity index (χ3v) is 7.27. The maximum absolute atomic E-state index is 12.4. The Hall–Kier alpha value is -1.36. The number of benzene rings is 1. The first kappa shape index (κ1) is 21.4. The van der Waals surface area contributed by atoms with Crippen LogP contribution in [-0.2, 0) is 14.8 Å². The largest absolute Gasteiger partial charge is 0.379 e. The molecule has 7 nitrogen and oxygen atoms in total. The van der Waals surface area contributed by atoms with Crippen molar-refractivity contribution >= 4 is 56.2 Å². The number of carbonyl (C=O) groups is 1. The lowest BCUT2D eigenvalue weighted by atomic mass is 10.2. The lowest BCUT2D eigenvalue weighted by molar-refractivity contribution is 0.0383. The van der Waals surface area contributed by atoms with Gasteiger partial charge in [0.15, 0.2) is 0 Å². The molecule has 1 amide bonds. The van der Waals surface area contributed by atoms with Gasteiger partial charge in [0.2, 0.25) is 0 Å². The van der Waals surface area contributed by atoms with E-state index in [4.69, 9.17) is 27.9 Å². The Morgan fingerprint density at radius 3 is 2.46 bits per heavy atom. The van der Waals surface area contributed by atoms with Crippen LogP contribution in [0.1, 0.15) is 10.4 Å². The number of nitrogens with zero attached hydrogens (tertiary/aromatic N) is 1. The minimum atomic E-state index is -3.86. The van der Waals surface area contributed by atoms with Crippen LogP contribution in [0.2, 0.25) is 8.67 Å². The summed E-state index contributed by atoms with van der Waals surface area (Å²) >= 11 is 12.7. The molecule has 1 aromatic heterocycles. The zero-order valence-electron chi connectivity index (χ0n) is 14.8. The van der Waals surface area contributed by atoms with E-state index in [0.29, 0.717) is 31.0 Å². The number of anilines is 1. The molecular formula is C17H19Cl2N3O4S2. The van der Waals surface area contributed by atoms with Crippen LogP contribution < -0.4 is 10.0 Å². The standard InChI is InChI=1S/C17H19Cl2N3O4S2/c18-15-11-14(16(19)27-15)28(24,25)21-13-3-1-12(2-4-13)17(23)20-5-6-22-7-9-26-10-8-22/h1-4,11,21H,5-10H2,(H,20,23). The molecule has 0 bridgehead atoms. The zero-order valence-corrected chi connectivity index (χ0v) is 17.9. The van der Waals surface area contributed by atoms with Gasteiger partial charge < -0.3 is 10.1 Å². The molecule has 1 aliphatic rings. The summed E-state index contributed by atoms with van der Waals surface area (Å²) in [6, 6.07) is 7.47. The van der Waals surface area contributed by atoms with Gasteiger partial charge in [-0.2, -0.15) is 0 Å². The van der Waals surface area contributed by atoms with E-state index in [9.17, 15) is 13.2 Å². The molecule has 3 rings (SSSR count). The highest BCUT2D eigenvalue weighted by molar-refractivity contribution is 7.93. The number of amides is 1.